The number of rotatable bonds is 4. The van der Waals surface area contributed by atoms with E-state index in [4.69, 9.17) is 11.0 Å². The highest BCUT2D eigenvalue weighted by molar-refractivity contribution is 5.60. The van der Waals surface area contributed by atoms with Gasteiger partial charge in [0.1, 0.15) is 12.1 Å². The Morgan fingerprint density at radius 3 is 2.68 bits per heavy atom. The van der Waals surface area contributed by atoms with Crippen LogP contribution in [0.2, 0.25) is 0 Å². The fourth-order valence-corrected chi connectivity index (χ4v) is 1.53. The minimum Gasteiger partial charge on any atom is -0.384 e. The summed E-state index contributed by atoms with van der Waals surface area (Å²) in [7, 11) is 0. The minimum absolute atomic E-state index is 0.409. The molecule has 1 heterocycles. The molecule has 0 fully saturated rings. The highest BCUT2D eigenvalue weighted by Crippen LogP contribution is 2.09. The quantitative estimate of drug-likeness (QED) is 0.863. The largest absolute Gasteiger partial charge is 0.384 e. The van der Waals surface area contributed by atoms with Crippen LogP contribution in [-0.4, -0.2) is 9.97 Å². The zero-order chi connectivity index (χ0) is 13.7. The molecular formula is C14H13N5. The molecule has 19 heavy (non-hydrogen) atoms. The summed E-state index contributed by atoms with van der Waals surface area (Å²) >= 11 is 0. The second-order valence-corrected chi connectivity index (χ2v) is 3.97. The van der Waals surface area contributed by atoms with Crippen molar-refractivity contribution in [1.82, 2.24) is 15.3 Å². The zero-order valence-corrected chi connectivity index (χ0v) is 10.3. The smallest absolute Gasteiger partial charge is 0.127 e. The van der Waals surface area contributed by atoms with E-state index < -0.39 is 0 Å². The number of nitrogens with one attached hydrogen (secondary N) is 1. The van der Waals surface area contributed by atoms with E-state index in [1.54, 1.807) is 18.2 Å². The van der Waals surface area contributed by atoms with E-state index >= 15 is 0 Å². The number of aromatic nitrogens is 2. The number of hydrogen-bond acceptors (Lipinski definition) is 5. The standard InChI is InChI=1S/C14H13N5/c1-10(13-6-14(16)19-9-18-13)17-8-12-4-2-11(7-15)3-5-12/h2-6,9,17H,1,8H2,(H2,16,18,19). The molecule has 0 radical (unpaired) electrons. The first-order chi connectivity index (χ1) is 9.19. The van der Waals surface area contributed by atoms with Gasteiger partial charge in [0.05, 0.1) is 23.0 Å². The molecule has 2 rings (SSSR count). The summed E-state index contributed by atoms with van der Waals surface area (Å²) in [6, 6.07) is 11.1. The van der Waals surface area contributed by atoms with E-state index in [0.717, 1.165) is 5.56 Å². The Labute approximate surface area is 111 Å². The van der Waals surface area contributed by atoms with Crippen molar-refractivity contribution in [2.45, 2.75) is 6.54 Å². The van der Waals surface area contributed by atoms with E-state index in [-0.39, 0.29) is 0 Å². The molecule has 0 amide bonds. The van der Waals surface area contributed by atoms with E-state index in [1.165, 1.54) is 6.33 Å². The SMILES string of the molecule is C=C(NCc1ccc(C#N)cc1)c1cc(N)ncn1. The lowest BCUT2D eigenvalue weighted by Crippen LogP contribution is -2.12. The maximum atomic E-state index is 8.72. The monoisotopic (exact) mass is 251 g/mol. The van der Waals surface area contributed by atoms with Crippen molar-refractivity contribution in [3.05, 3.63) is 60.1 Å². The second-order valence-electron chi connectivity index (χ2n) is 3.97. The van der Waals surface area contributed by atoms with Gasteiger partial charge in [0, 0.05) is 12.6 Å². The van der Waals surface area contributed by atoms with Crippen LogP contribution in [0.25, 0.3) is 5.70 Å². The van der Waals surface area contributed by atoms with E-state index in [0.29, 0.717) is 29.3 Å². The second kappa shape index (κ2) is 5.65. The van der Waals surface area contributed by atoms with E-state index in [1.807, 2.05) is 12.1 Å². The van der Waals surface area contributed by atoms with Crippen LogP contribution >= 0.6 is 0 Å². The Balaban J connectivity index is 1.98. The maximum Gasteiger partial charge on any atom is 0.127 e. The lowest BCUT2D eigenvalue weighted by molar-refractivity contribution is 0.883. The number of nitrogens with zero attached hydrogens (tertiary/aromatic N) is 3. The molecule has 94 valence electrons. The number of nitrogens with two attached hydrogens (primary N) is 1. The van der Waals surface area contributed by atoms with Crippen LogP contribution < -0.4 is 11.1 Å². The average molecular weight is 251 g/mol. The summed E-state index contributed by atoms with van der Waals surface area (Å²) in [6.45, 7) is 4.51. The van der Waals surface area contributed by atoms with Crippen LogP contribution in [0.4, 0.5) is 5.82 Å². The van der Waals surface area contributed by atoms with Crippen molar-refractivity contribution < 1.29 is 0 Å². The molecular weight excluding hydrogens is 238 g/mol. The van der Waals surface area contributed by atoms with Crippen LogP contribution in [0, 0.1) is 11.3 Å². The molecule has 0 saturated heterocycles. The first-order valence-electron chi connectivity index (χ1n) is 5.69. The molecule has 5 nitrogen and oxygen atoms in total. The third kappa shape index (κ3) is 3.30. The molecule has 0 unspecified atom stereocenters. The Morgan fingerprint density at radius 1 is 1.32 bits per heavy atom. The molecule has 0 bridgehead atoms. The molecule has 0 aliphatic carbocycles. The first-order valence-corrected chi connectivity index (χ1v) is 5.69. The normalized spacial score (nSPS) is 9.63. The molecule has 3 N–H and O–H groups in total. The number of benzene rings is 1. The molecule has 0 atom stereocenters. The number of nitriles is 1. The predicted molar refractivity (Wildman–Crippen MR) is 73.5 cm³/mol. The van der Waals surface area contributed by atoms with Gasteiger partial charge in [-0.25, -0.2) is 9.97 Å². The summed E-state index contributed by atoms with van der Waals surface area (Å²) in [6.07, 6.45) is 1.40. The fraction of sp³-hybridized carbons (Fsp3) is 0.0714. The summed E-state index contributed by atoms with van der Waals surface area (Å²) < 4.78 is 0. The zero-order valence-electron chi connectivity index (χ0n) is 10.3. The van der Waals surface area contributed by atoms with E-state index in [9.17, 15) is 0 Å². The van der Waals surface area contributed by atoms with Crippen molar-refractivity contribution >= 4 is 11.5 Å². The molecule has 0 aliphatic rings. The van der Waals surface area contributed by atoms with Crippen molar-refractivity contribution in [2.75, 3.05) is 5.73 Å². The van der Waals surface area contributed by atoms with Crippen molar-refractivity contribution in [3.8, 4) is 6.07 Å². The van der Waals surface area contributed by atoms with Gasteiger partial charge >= 0.3 is 0 Å². The van der Waals surface area contributed by atoms with E-state index in [2.05, 4.69) is 27.9 Å². The number of hydrogen-bond donors (Lipinski definition) is 2. The van der Waals surface area contributed by atoms with Crippen molar-refractivity contribution in [1.29, 1.82) is 5.26 Å². The molecule has 0 spiro atoms. The summed E-state index contributed by atoms with van der Waals surface area (Å²) in [5, 5.41) is 11.9. The molecule has 1 aromatic heterocycles. The number of anilines is 1. The van der Waals surface area contributed by atoms with Gasteiger partial charge in [0.25, 0.3) is 0 Å². The third-order valence-corrected chi connectivity index (χ3v) is 2.59. The summed E-state index contributed by atoms with van der Waals surface area (Å²) in [5.74, 6) is 0.409. The Hall–Kier alpha value is -2.87. The highest BCUT2D eigenvalue weighted by Gasteiger charge is 2.01. The van der Waals surface area contributed by atoms with Gasteiger partial charge < -0.3 is 11.1 Å². The Morgan fingerprint density at radius 2 is 2.05 bits per heavy atom. The molecule has 2 aromatic rings. The average Bonchev–Trinajstić information content (AvgIpc) is 2.45. The molecule has 5 heteroatoms. The van der Waals surface area contributed by atoms with Crippen LogP contribution in [-0.2, 0) is 6.54 Å². The van der Waals surface area contributed by atoms with Gasteiger partial charge in [0.15, 0.2) is 0 Å². The summed E-state index contributed by atoms with van der Waals surface area (Å²) in [5.41, 5.74) is 8.63. The molecule has 0 aliphatic heterocycles. The maximum absolute atomic E-state index is 8.72. The van der Waals surface area contributed by atoms with Crippen LogP contribution in [0.3, 0.4) is 0 Å². The van der Waals surface area contributed by atoms with Crippen LogP contribution in [0.1, 0.15) is 16.8 Å². The van der Waals surface area contributed by atoms with Gasteiger partial charge in [-0.3, -0.25) is 0 Å². The van der Waals surface area contributed by atoms with Crippen molar-refractivity contribution in [2.24, 2.45) is 0 Å². The van der Waals surface area contributed by atoms with Crippen molar-refractivity contribution in [3.63, 3.8) is 0 Å². The first kappa shape index (κ1) is 12.6. The molecule has 0 saturated carbocycles. The van der Waals surface area contributed by atoms with Crippen LogP contribution in [0.15, 0.2) is 43.2 Å². The predicted octanol–water partition coefficient (Wildman–Crippen LogP) is 1.69. The van der Waals surface area contributed by atoms with Crippen LogP contribution in [0.5, 0.6) is 0 Å². The Bertz CT molecular complexity index is 625. The highest BCUT2D eigenvalue weighted by atomic mass is 14.9. The minimum atomic E-state index is 0.409. The number of nitrogen functional groups attached to an aromatic ring is 1. The lowest BCUT2D eigenvalue weighted by atomic mass is 10.1. The topological polar surface area (TPSA) is 87.6 Å². The van der Waals surface area contributed by atoms with Gasteiger partial charge in [-0.1, -0.05) is 18.7 Å². The molecule has 1 aromatic carbocycles. The van der Waals surface area contributed by atoms with Gasteiger partial charge in [0.2, 0.25) is 0 Å². The Kier molecular flexibility index (Phi) is 3.74. The van der Waals surface area contributed by atoms with Gasteiger partial charge in [-0.05, 0) is 17.7 Å². The lowest BCUT2D eigenvalue weighted by Gasteiger charge is -2.09. The van der Waals surface area contributed by atoms with Gasteiger partial charge in [-0.2, -0.15) is 5.26 Å². The fourth-order valence-electron chi connectivity index (χ4n) is 1.53. The van der Waals surface area contributed by atoms with Gasteiger partial charge in [-0.15, -0.1) is 0 Å². The third-order valence-electron chi connectivity index (χ3n) is 2.59. The summed E-state index contributed by atoms with van der Waals surface area (Å²) in [4.78, 5) is 7.91.